The summed E-state index contributed by atoms with van der Waals surface area (Å²) >= 11 is 0.326. The maximum atomic E-state index is 12.9. The molecular formula is C14H9F3N2O2S. The van der Waals surface area contributed by atoms with Gasteiger partial charge in [0.1, 0.15) is 9.58 Å². The number of aromatic nitrogens is 2. The molecule has 2 aromatic heterocycles. The Morgan fingerprint density at radius 2 is 1.86 bits per heavy atom. The molecule has 1 N–H and O–H groups in total. The molecule has 3 aromatic rings. The highest BCUT2D eigenvalue weighted by molar-refractivity contribution is 7.19. The molecule has 0 aliphatic carbocycles. The Hall–Kier alpha value is -2.35. The Morgan fingerprint density at radius 1 is 1.18 bits per heavy atom. The SMILES string of the molecule is Cc1ccccc1-n1c(=O)[nH]c(=O)c2sc(C(F)(F)F)cc21. The van der Waals surface area contributed by atoms with Crippen LogP contribution in [0.15, 0.2) is 39.9 Å². The molecule has 0 saturated heterocycles. The van der Waals surface area contributed by atoms with Gasteiger partial charge in [0.25, 0.3) is 5.56 Å². The van der Waals surface area contributed by atoms with E-state index in [2.05, 4.69) is 4.98 Å². The van der Waals surface area contributed by atoms with Crippen LogP contribution in [-0.4, -0.2) is 9.55 Å². The first-order chi connectivity index (χ1) is 10.3. The molecule has 1 aromatic carbocycles. The van der Waals surface area contributed by atoms with Gasteiger partial charge in [0.15, 0.2) is 0 Å². The van der Waals surface area contributed by atoms with Crippen LogP contribution in [0.2, 0.25) is 0 Å². The minimum atomic E-state index is -4.57. The van der Waals surface area contributed by atoms with Crippen molar-refractivity contribution < 1.29 is 13.2 Å². The number of aryl methyl sites for hydroxylation is 1. The van der Waals surface area contributed by atoms with Gasteiger partial charge in [-0.25, -0.2) is 4.79 Å². The molecule has 4 nitrogen and oxygen atoms in total. The summed E-state index contributed by atoms with van der Waals surface area (Å²) in [5.74, 6) is 0. The second-order valence-electron chi connectivity index (χ2n) is 4.70. The number of H-pyrrole nitrogens is 1. The summed E-state index contributed by atoms with van der Waals surface area (Å²) in [6, 6.07) is 7.60. The van der Waals surface area contributed by atoms with Crippen molar-refractivity contribution in [3.8, 4) is 5.69 Å². The van der Waals surface area contributed by atoms with Crippen molar-refractivity contribution >= 4 is 21.6 Å². The molecule has 114 valence electrons. The second kappa shape index (κ2) is 4.84. The molecule has 0 aliphatic rings. The highest BCUT2D eigenvalue weighted by Crippen LogP contribution is 2.37. The number of para-hydroxylation sites is 1. The molecule has 0 bridgehead atoms. The van der Waals surface area contributed by atoms with Crippen LogP contribution in [0.3, 0.4) is 0 Å². The summed E-state index contributed by atoms with van der Waals surface area (Å²) in [7, 11) is 0. The first-order valence-corrected chi connectivity index (χ1v) is 7.03. The van der Waals surface area contributed by atoms with Gasteiger partial charge in [0, 0.05) is 0 Å². The van der Waals surface area contributed by atoms with Gasteiger partial charge in [-0.3, -0.25) is 14.3 Å². The van der Waals surface area contributed by atoms with E-state index in [0.717, 1.165) is 10.6 Å². The fourth-order valence-corrected chi connectivity index (χ4v) is 3.13. The number of rotatable bonds is 1. The van der Waals surface area contributed by atoms with E-state index >= 15 is 0 Å². The zero-order valence-corrected chi connectivity index (χ0v) is 12.0. The van der Waals surface area contributed by atoms with E-state index in [0.29, 0.717) is 22.6 Å². The van der Waals surface area contributed by atoms with Crippen molar-refractivity contribution in [1.29, 1.82) is 0 Å². The summed E-state index contributed by atoms with van der Waals surface area (Å²) < 4.78 is 39.6. The predicted molar refractivity (Wildman–Crippen MR) is 77.8 cm³/mol. The monoisotopic (exact) mass is 326 g/mol. The highest BCUT2D eigenvalue weighted by Gasteiger charge is 2.34. The molecule has 0 spiro atoms. The van der Waals surface area contributed by atoms with Crippen LogP contribution in [-0.2, 0) is 6.18 Å². The highest BCUT2D eigenvalue weighted by atomic mass is 32.1. The Balaban J connectivity index is 2.45. The van der Waals surface area contributed by atoms with Crippen molar-refractivity contribution in [2.75, 3.05) is 0 Å². The zero-order chi connectivity index (χ0) is 16.1. The Bertz CT molecular complexity index is 982. The molecule has 8 heteroatoms. The summed E-state index contributed by atoms with van der Waals surface area (Å²) in [5, 5.41) is 0. The summed E-state index contributed by atoms with van der Waals surface area (Å²) in [5.41, 5.74) is -0.484. The van der Waals surface area contributed by atoms with E-state index in [1.165, 1.54) is 0 Å². The van der Waals surface area contributed by atoms with Gasteiger partial charge in [-0.15, -0.1) is 11.3 Å². The van der Waals surface area contributed by atoms with Gasteiger partial charge in [0.2, 0.25) is 0 Å². The molecule has 0 unspecified atom stereocenters. The first kappa shape index (κ1) is 14.6. The Morgan fingerprint density at radius 3 is 2.50 bits per heavy atom. The predicted octanol–water partition coefficient (Wildman–Crippen LogP) is 3.07. The normalized spacial score (nSPS) is 12.0. The Labute approximate surface area is 125 Å². The van der Waals surface area contributed by atoms with E-state index in [9.17, 15) is 22.8 Å². The number of hydrogen-bond acceptors (Lipinski definition) is 3. The van der Waals surface area contributed by atoms with Crippen LogP contribution in [0.5, 0.6) is 0 Å². The average Bonchev–Trinajstić information content (AvgIpc) is 2.86. The van der Waals surface area contributed by atoms with Crippen molar-refractivity contribution in [3.05, 3.63) is 61.6 Å². The van der Waals surface area contributed by atoms with Gasteiger partial charge in [-0.1, -0.05) is 18.2 Å². The number of nitrogens with zero attached hydrogens (tertiary/aromatic N) is 1. The first-order valence-electron chi connectivity index (χ1n) is 6.21. The fraction of sp³-hybridized carbons (Fsp3) is 0.143. The zero-order valence-electron chi connectivity index (χ0n) is 11.2. The number of benzene rings is 1. The minimum absolute atomic E-state index is 0.0413. The third-order valence-electron chi connectivity index (χ3n) is 3.22. The Kier molecular flexibility index (Phi) is 3.21. The number of halogens is 3. The van der Waals surface area contributed by atoms with Crippen LogP contribution in [0.4, 0.5) is 13.2 Å². The number of alkyl halides is 3. The molecule has 0 atom stereocenters. The third kappa shape index (κ3) is 2.25. The molecule has 22 heavy (non-hydrogen) atoms. The van der Waals surface area contributed by atoms with Crippen molar-refractivity contribution in [2.45, 2.75) is 13.1 Å². The topological polar surface area (TPSA) is 54.9 Å². The summed E-state index contributed by atoms with van der Waals surface area (Å²) in [6.07, 6.45) is -4.57. The number of aromatic amines is 1. The van der Waals surface area contributed by atoms with E-state index in [4.69, 9.17) is 0 Å². The molecule has 3 rings (SSSR count). The average molecular weight is 326 g/mol. The minimum Gasteiger partial charge on any atom is -0.272 e. The van der Waals surface area contributed by atoms with Gasteiger partial charge in [-0.2, -0.15) is 13.2 Å². The van der Waals surface area contributed by atoms with Crippen molar-refractivity contribution in [3.63, 3.8) is 0 Å². The molecule has 0 aliphatic heterocycles. The molecule has 0 amide bonds. The number of thiophene rings is 1. The molecule has 2 heterocycles. The largest absolute Gasteiger partial charge is 0.425 e. The van der Waals surface area contributed by atoms with Crippen molar-refractivity contribution in [1.82, 2.24) is 9.55 Å². The van der Waals surface area contributed by atoms with Crippen molar-refractivity contribution in [2.24, 2.45) is 0 Å². The standard InChI is InChI=1S/C14H9F3N2O2S/c1-7-4-2-3-5-8(7)19-9-6-10(14(15,16)17)22-11(9)12(20)18-13(19)21/h2-6H,1H3,(H,18,20,21). The quantitative estimate of drug-likeness (QED) is 0.747. The van der Waals surface area contributed by atoms with E-state index in [-0.39, 0.29) is 10.2 Å². The van der Waals surface area contributed by atoms with Gasteiger partial charge in [0.05, 0.1) is 11.2 Å². The van der Waals surface area contributed by atoms with E-state index in [1.54, 1.807) is 31.2 Å². The van der Waals surface area contributed by atoms with Crippen LogP contribution >= 0.6 is 11.3 Å². The summed E-state index contributed by atoms with van der Waals surface area (Å²) in [4.78, 5) is 25.0. The third-order valence-corrected chi connectivity index (χ3v) is 4.39. The van der Waals surface area contributed by atoms with Gasteiger partial charge >= 0.3 is 11.9 Å². The lowest BCUT2D eigenvalue weighted by molar-refractivity contribution is -0.134. The lowest BCUT2D eigenvalue weighted by Crippen LogP contribution is -2.28. The van der Waals surface area contributed by atoms with Crippen LogP contribution < -0.4 is 11.2 Å². The number of nitrogens with one attached hydrogen (secondary N) is 1. The molecule has 0 fully saturated rings. The molecule has 0 saturated carbocycles. The van der Waals surface area contributed by atoms with Crippen LogP contribution in [0.1, 0.15) is 10.4 Å². The van der Waals surface area contributed by atoms with Gasteiger partial charge in [-0.05, 0) is 24.6 Å². The van der Waals surface area contributed by atoms with Crippen LogP contribution in [0, 0.1) is 6.92 Å². The second-order valence-corrected chi connectivity index (χ2v) is 5.76. The molecule has 0 radical (unpaired) electrons. The van der Waals surface area contributed by atoms with Crippen LogP contribution in [0.25, 0.3) is 15.9 Å². The maximum Gasteiger partial charge on any atom is 0.425 e. The lowest BCUT2D eigenvalue weighted by Gasteiger charge is -2.09. The molecular weight excluding hydrogens is 317 g/mol. The maximum absolute atomic E-state index is 12.9. The van der Waals surface area contributed by atoms with E-state index < -0.39 is 22.3 Å². The van der Waals surface area contributed by atoms with E-state index in [1.807, 2.05) is 0 Å². The fourth-order valence-electron chi connectivity index (χ4n) is 2.22. The lowest BCUT2D eigenvalue weighted by atomic mass is 10.2. The summed E-state index contributed by atoms with van der Waals surface area (Å²) in [6.45, 7) is 1.73. The van der Waals surface area contributed by atoms with Gasteiger partial charge < -0.3 is 0 Å². The number of fused-ring (bicyclic) bond motifs is 1. The number of hydrogen-bond donors (Lipinski definition) is 1. The smallest absolute Gasteiger partial charge is 0.272 e.